The molecule has 0 aliphatic carbocycles. The SMILES string of the molecule is Cn1nc(-c2ccccc2)c(/C=N\OCc2cccc(Cl)c2Cl)c1Sc1ccc(Br)cc1. The molecule has 0 spiro atoms. The van der Waals surface area contributed by atoms with Gasteiger partial charge in [0.05, 0.1) is 21.8 Å². The van der Waals surface area contributed by atoms with Crippen molar-refractivity contribution in [3.63, 3.8) is 0 Å². The number of oxime groups is 1. The van der Waals surface area contributed by atoms with Crippen LogP contribution in [-0.4, -0.2) is 16.0 Å². The lowest BCUT2D eigenvalue weighted by atomic mass is 10.1. The molecule has 32 heavy (non-hydrogen) atoms. The summed E-state index contributed by atoms with van der Waals surface area (Å²) in [7, 11) is 1.93. The van der Waals surface area contributed by atoms with E-state index in [4.69, 9.17) is 33.1 Å². The third kappa shape index (κ3) is 5.38. The smallest absolute Gasteiger partial charge is 0.143 e. The van der Waals surface area contributed by atoms with Crippen molar-refractivity contribution in [1.29, 1.82) is 0 Å². The highest BCUT2D eigenvalue weighted by Gasteiger charge is 2.18. The maximum absolute atomic E-state index is 6.24. The Morgan fingerprint density at radius 2 is 1.78 bits per heavy atom. The van der Waals surface area contributed by atoms with Gasteiger partial charge < -0.3 is 4.84 Å². The molecule has 1 aromatic heterocycles. The Kier molecular flexibility index (Phi) is 7.58. The van der Waals surface area contributed by atoms with Gasteiger partial charge in [0, 0.05) is 27.5 Å². The zero-order valence-electron chi connectivity index (χ0n) is 17.0. The molecule has 1 heterocycles. The van der Waals surface area contributed by atoms with Gasteiger partial charge >= 0.3 is 0 Å². The number of aromatic nitrogens is 2. The molecule has 4 rings (SSSR count). The molecule has 0 bridgehead atoms. The number of rotatable bonds is 7. The van der Waals surface area contributed by atoms with E-state index in [9.17, 15) is 0 Å². The van der Waals surface area contributed by atoms with Crippen LogP contribution in [0.15, 0.2) is 92.3 Å². The fourth-order valence-electron chi connectivity index (χ4n) is 3.04. The Labute approximate surface area is 209 Å². The summed E-state index contributed by atoms with van der Waals surface area (Å²) >= 11 is 17.4. The highest BCUT2D eigenvalue weighted by Crippen LogP contribution is 2.35. The predicted octanol–water partition coefficient (Wildman–Crippen LogP) is 7.86. The fourth-order valence-corrected chi connectivity index (χ4v) is 4.61. The van der Waals surface area contributed by atoms with Crippen molar-refractivity contribution >= 4 is 57.1 Å². The van der Waals surface area contributed by atoms with Crippen LogP contribution in [0.2, 0.25) is 10.0 Å². The standard InChI is InChI=1S/C24H18BrCl2N3OS/c1-30-24(32-19-12-10-18(25)11-13-19)20(23(29-30)16-6-3-2-4-7-16)14-28-31-15-17-8-5-9-21(26)22(17)27/h2-14H,15H2,1H3/b28-14-. The van der Waals surface area contributed by atoms with Crippen molar-refractivity contribution in [2.45, 2.75) is 16.5 Å². The van der Waals surface area contributed by atoms with Crippen molar-refractivity contribution in [3.05, 3.63) is 98.4 Å². The summed E-state index contributed by atoms with van der Waals surface area (Å²) in [5, 5.41) is 10.9. The summed E-state index contributed by atoms with van der Waals surface area (Å²) < 4.78 is 2.90. The minimum Gasteiger partial charge on any atom is -0.391 e. The molecule has 0 fully saturated rings. The first-order valence-electron chi connectivity index (χ1n) is 9.67. The van der Waals surface area contributed by atoms with Crippen LogP contribution in [0.1, 0.15) is 11.1 Å². The van der Waals surface area contributed by atoms with Crippen LogP contribution in [0.25, 0.3) is 11.3 Å². The zero-order chi connectivity index (χ0) is 22.5. The summed E-state index contributed by atoms with van der Waals surface area (Å²) in [4.78, 5) is 6.65. The van der Waals surface area contributed by atoms with Crippen molar-refractivity contribution in [2.75, 3.05) is 0 Å². The van der Waals surface area contributed by atoms with Gasteiger partial charge in [0.2, 0.25) is 0 Å². The van der Waals surface area contributed by atoms with Crippen LogP contribution in [0.5, 0.6) is 0 Å². The fraction of sp³-hybridized carbons (Fsp3) is 0.0833. The summed E-state index contributed by atoms with van der Waals surface area (Å²) in [6.07, 6.45) is 1.70. The van der Waals surface area contributed by atoms with Crippen molar-refractivity contribution in [2.24, 2.45) is 12.2 Å². The lowest BCUT2D eigenvalue weighted by molar-refractivity contribution is 0.132. The minimum atomic E-state index is 0.214. The van der Waals surface area contributed by atoms with Gasteiger partial charge in [-0.3, -0.25) is 4.68 Å². The highest BCUT2D eigenvalue weighted by molar-refractivity contribution is 9.10. The summed E-state index contributed by atoms with van der Waals surface area (Å²) in [6.45, 7) is 0.214. The number of aryl methyl sites for hydroxylation is 1. The summed E-state index contributed by atoms with van der Waals surface area (Å²) in [5.74, 6) is 0. The van der Waals surface area contributed by atoms with Crippen LogP contribution >= 0.6 is 50.9 Å². The van der Waals surface area contributed by atoms with Gasteiger partial charge in [0.25, 0.3) is 0 Å². The molecule has 3 aromatic carbocycles. The van der Waals surface area contributed by atoms with E-state index >= 15 is 0 Å². The number of hydrogen-bond acceptors (Lipinski definition) is 4. The summed E-state index contributed by atoms with van der Waals surface area (Å²) in [5.41, 5.74) is 3.49. The Hall–Kier alpha value is -2.25. The van der Waals surface area contributed by atoms with E-state index in [1.54, 1.807) is 24.0 Å². The molecule has 8 heteroatoms. The molecule has 162 valence electrons. The van der Waals surface area contributed by atoms with E-state index in [1.165, 1.54) is 0 Å². The molecular formula is C24H18BrCl2N3OS. The first-order chi connectivity index (χ1) is 15.5. The second-order valence-electron chi connectivity index (χ2n) is 6.83. The number of halogens is 3. The molecule has 0 amide bonds. The highest BCUT2D eigenvalue weighted by atomic mass is 79.9. The Morgan fingerprint density at radius 1 is 1.03 bits per heavy atom. The number of benzene rings is 3. The molecule has 4 aromatic rings. The topological polar surface area (TPSA) is 39.4 Å². The first kappa shape index (κ1) is 22.9. The van der Waals surface area contributed by atoms with Crippen molar-refractivity contribution < 1.29 is 4.84 Å². The van der Waals surface area contributed by atoms with Crippen LogP contribution in [0.3, 0.4) is 0 Å². The minimum absolute atomic E-state index is 0.214. The molecule has 0 aliphatic heterocycles. The van der Waals surface area contributed by atoms with Crippen LogP contribution < -0.4 is 0 Å². The Bertz CT molecular complexity index is 1240. The lowest BCUT2D eigenvalue weighted by Gasteiger charge is -2.06. The van der Waals surface area contributed by atoms with Crippen LogP contribution in [0.4, 0.5) is 0 Å². The van der Waals surface area contributed by atoms with E-state index in [2.05, 4.69) is 33.2 Å². The van der Waals surface area contributed by atoms with Crippen molar-refractivity contribution in [3.8, 4) is 11.3 Å². The van der Waals surface area contributed by atoms with Gasteiger partial charge in [-0.05, 0) is 30.3 Å². The van der Waals surface area contributed by atoms with Gasteiger partial charge in [0.15, 0.2) is 0 Å². The second kappa shape index (κ2) is 10.6. The average molecular weight is 547 g/mol. The zero-order valence-corrected chi connectivity index (χ0v) is 20.9. The summed E-state index contributed by atoms with van der Waals surface area (Å²) in [6, 6.07) is 23.6. The molecule has 4 nitrogen and oxygen atoms in total. The quantitative estimate of drug-likeness (QED) is 0.175. The third-order valence-electron chi connectivity index (χ3n) is 4.61. The Balaban J connectivity index is 1.64. The predicted molar refractivity (Wildman–Crippen MR) is 136 cm³/mol. The van der Waals surface area contributed by atoms with Gasteiger partial charge in [-0.15, -0.1) is 0 Å². The molecule has 0 aliphatic rings. The molecule has 0 radical (unpaired) electrons. The maximum Gasteiger partial charge on any atom is 0.143 e. The van der Waals surface area contributed by atoms with Crippen molar-refractivity contribution in [1.82, 2.24) is 9.78 Å². The number of hydrogen-bond donors (Lipinski definition) is 0. The normalized spacial score (nSPS) is 11.2. The molecule has 0 saturated carbocycles. The van der Waals surface area contributed by atoms with Crippen LogP contribution in [0, 0.1) is 0 Å². The van der Waals surface area contributed by atoms with E-state index in [1.807, 2.05) is 66.3 Å². The van der Waals surface area contributed by atoms with E-state index in [-0.39, 0.29) is 6.61 Å². The average Bonchev–Trinajstić information content (AvgIpc) is 3.11. The maximum atomic E-state index is 6.24. The molecular weight excluding hydrogens is 529 g/mol. The van der Waals surface area contributed by atoms with E-state index in [0.29, 0.717) is 10.0 Å². The largest absolute Gasteiger partial charge is 0.391 e. The first-order valence-corrected chi connectivity index (χ1v) is 12.0. The Morgan fingerprint density at radius 3 is 2.53 bits per heavy atom. The second-order valence-corrected chi connectivity index (χ2v) is 9.60. The van der Waals surface area contributed by atoms with Gasteiger partial charge in [-0.25, -0.2) is 0 Å². The molecule has 0 atom stereocenters. The monoisotopic (exact) mass is 545 g/mol. The van der Waals surface area contributed by atoms with Gasteiger partial charge in [-0.1, -0.05) is 98.5 Å². The van der Waals surface area contributed by atoms with Gasteiger partial charge in [0.1, 0.15) is 17.3 Å². The third-order valence-corrected chi connectivity index (χ3v) is 7.18. The molecule has 0 unspecified atom stereocenters. The molecule has 0 saturated heterocycles. The molecule has 0 N–H and O–H groups in total. The van der Waals surface area contributed by atoms with Crippen LogP contribution in [-0.2, 0) is 18.5 Å². The lowest BCUT2D eigenvalue weighted by Crippen LogP contribution is -1.94. The van der Waals surface area contributed by atoms with E-state index < -0.39 is 0 Å². The van der Waals surface area contributed by atoms with E-state index in [0.717, 1.165) is 36.8 Å². The van der Waals surface area contributed by atoms with Gasteiger partial charge in [-0.2, -0.15) is 5.10 Å². The number of nitrogens with zero attached hydrogens (tertiary/aromatic N) is 3.